The highest BCUT2D eigenvalue weighted by atomic mass is 16.6. The van der Waals surface area contributed by atoms with Gasteiger partial charge in [-0.15, -0.1) is 0 Å². The molecule has 0 bridgehead atoms. The maximum absolute atomic E-state index is 13.5. The predicted molar refractivity (Wildman–Crippen MR) is 146 cm³/mol. The Hall–Kier alpha value is -4.12. The third kappa shape index (κ3) is 9.88. The second-order valence-corrected chi connectivity index (χ2v) is 10.7. The number of aliphatic carboxylic acids is 1. The number of alkyl carbamates (subject to hydrolysis) is 1. The number of phenolic OH excluding ortho intramolecular Hbond substituents is 1. The van der Waals surface area contributed by atoms with Crippen molar-refractivity contribution in [1.29, 1.82) is 0 Å². The smallest absolute Gasteiger partial charge is 0.407 e. The molecule has 2 aromatic carbocycles. The van der Waals surface area contributed by atoms with Crippen molar-refractivity contribution in [2.45, 2.75) is 64.3 Å². The van der Waals surface area contributed by atoms with Gasteiger partial charge in [0.05, 0.1) is 6.10 Å². The Morgan fingerprint density at radius 1 is 0.975 bits per heavy atom. The van der Waals surface area contributed by atoms with Gasteiger partial charge in [0.15, 0.2) is 0 Å². The number of likely N-dealkylation sites (tertiary alicyclic amines) is 1. The van der Waals surface area contributed by atoms with Crippen LogP contribution < -0.4 is 10.6 Å². The highest BCUT2D eigenvalue weighted by Crippen LogP contribution is 2.18. The molecule has 11 heteroatoms. The van der Waals surface area contributed by atoms with Crippen LogP contribution in [0.5, 0.6) is 5.75 Å². The first-order valence-corrected chi connectivity index (χ1v) is 13.2. The van der Waals surface area contributed by atoms with E-state index in [0.29, 0.717) is 31.5 Å². The van der Waals surface area contributed by atoms with Gasteiger partial charge < -0.3 is 35.2 Å². The monoisotopic (exact) mass is 555 g/mol. The van der Waals surface area contributed by atoms with Gasteiger partial charge in [0.1, 0.15) is 24.0 Å². The number of carboxylic acid groups (broad SMARTS) is 1. The highest BCUT2D eigenvalue weighted by molar-refractivity contribution is 5.97. The van der Waals surface area contributed by atoms with Crippen LogP contribution in [0.3, 0.4) is 0 Å². The lowest BCUT2D eigenvalue weighted by atomic mass is 10.0. The minimum Gasteiger partial charge on any atom is -0.508 e. The number of benzene rings is 2. The molecule has 2 aromatic rings. The van der Waals surface area contributed by atoms with Crippen LogP contribution in [0.4, 0.5) is 4.79 Å². The molecule has 0 aliphatic carbocycles. The highest BCUT2D eigenvalue weighted by Gasteiger charge is 2.30. The van der Waals surface area contributed by atoms with Gasteiger partial charge in [-0.25, -0.2) is 9.59 Å². The Labute approximate surface area is 233 Å². The summed E-state index contributed by atoms with van der Waals surface area (Å²) in [5, 5.41) is 24.0. The van der Waals surface area contributed by atoms with Gasteiger partial charge in [0.2, 0.25) is 5.91 Å². The second-order valence-electron chi connectivity index (χ2n) is 10.7. The summed E-state index contributed by atoms with van der Waals surface area (Å²) >= 11 is 0. The summed E-state index contributed by atoms with van der Waals surface area (Å²) in [6, 6.07) is 12.2. The zero-order valence-electron chi connectivity index (χ0n) is 23.0. The molecule has 0 saturated carbocycles. The summed E-state index contributed by atoms with van der Waals surface area (Å²) < 4.78 is 10.6. The number of rotatable bonds is 10. The van der Waals surface area contributed by atoms with Crippen molar-refractivity contribution in [3.8, 4) is 5.75 Å². The van der Waals surface area contributed by atoms with E-state index in [2.05, 4.69) is 10.6 Å². The fraction of sp³-hybridized carbons (Fsp3) is 0.448. The fourth-order valence-electron chi connectivity index (χ4n) is 4.22. The van der Waals surface area contributed by atoms with Gasteiger partial charge in [0.25, 0.3) is 5.91 Å². The maximum Gasteiger partial charge on any atom is 0.407 e. The molecular weight excluding hydrogens is 518 g/mol. The third-order valence-electron chi connectivity index (χ3n) is 6.23. The Morgan fingerprint density at radius 3 is 2.15 bits per heavy atom. The number of ether oxygens (including phenoxy) is 2. The van der Waals surface area contributed by atoms with Gasteiger partial charge in [0, 0.05) is 31.6 Å². The van der Waals surface area contributed by atoms with Crippen LogP contribution in [0.1, 0.15) is 55.1 Å². The van der Waals surface area contributed by atoms with Crippen molar-refractivity contribution in [2.24, 2.45) is 0 Å². The van der Waals surface area contributed by atoms with Gasteiger partial charge in [-0.3, -0.25) is 9.59 Å². The van der Waals surface area contributed by atoms with Gasteiger partial charge in [-0.1, -0.05) is 24.3 Å². The minimum absolute atomic E-state index is 0.0975. The van der Waals surface area contributed by atoms with E-state index in [-0.39, 0.29) is 37.3 Å². The van der Waals surface area contributed by atoms with Gasteiger partial charge >= 0.3 is 12.1 Å². The molecule has 1 heterocycles. The zero-order chi connectivity index (χ0) is 29.3. The van der Waals surface area contributed by atoms with Crippen molar-refractivity contribution in [2.75, 3.05) is 19.7 Å². The van der Waals surface area contributed by atoms with Gasteiger partial charge in [-0.2, -0.15) is 0 Å². The molecular formula is C29H37N3O8. The maximum atomic E-state index is 13.5. The van der Waals surface area contributed by atoms with E-state index < -0.39 is 29.6 Å². The zero-order valence-corrected chi connectivity index (χ0v) is 23.0. The average molecular weight is 556 g/mol. The first kappa shape index (κ1) is 30.4. The summed E-state index contributed by atoms with van der Waals surface area (Å²) in [4.78, 5) is 50.9. The standard InChI is InChI=1S/C29H37N3O8/c1-29(2,3)40-28(38)30-17-20-4-8-21(9-5-20)26(36)31-24(16-19-6-10-22(33)11-7-19)27(37)32-14-12-23(13-15-32)39-18-25(34)35/h4-11,23-24,33H,12-18H2,1-3H3,(H,30,38)(H,31,36)(H,34,35)/t24-/m0/s1. The number of nitrogens with zero attached hydrogens (tertiary/aromatic N) is 1. The molecule has 1 aliphatic heterocycles. The Balaban J connectivity index is 1.64. The first-order chi connectivity index (χ1) is 18.9. The summed E-state index contributed by atoms with van der Waals surface area (Å²) in [6.07, 6.45) is 0.434. The lowest BCUT2D eigenvalue weighted by Crippen LogP contribution is -2.52. The number of phenols is 1. The SMILES string of the molecule is CC(C)(C)OC(=O)NCc1ccc(C(=O)N[C@@H](Cc2ccc(O)cc2)C(=O)N2CCC(OCC(=O)O)CC2)cc1. The molecule has 3 rings (SSSR count). The third-order valence-corrected chi connectivity index (χ3v) is 6.23. The van der Waals surface area contributed by atoms with E-state index in [4.69, 9.17) is 14.6 Å². The molecule has 0 unspecified atom stereocenters. The quantitative estimate of drug-likeness (QED) is 0.349. The Morgan fingerprint density at radius 2 is 1.57 bits per heavy atom. The molecule has 1 saturated heterocycles. The largest absolute Gasteiger partial charge is 0.508 e. The number of piperidine rings is 1. The summed E-state index contributed by atoms with van der Waals surface area (Å²) in [7, 11) is 0. The van der Waals surface area contributed by atoms with Crippen LogP contribution in [0, 0.1) is 0 Å². The number of hydrogen-bond donors (Lipinski definition) is 4. The molecule has 216 valence electrons. The number of carbonyl (C=O) groups is 4. The van der Waals surface area contributed by atoms with Crippen LogP contribution in [0.15, 0.2) is 48.5 Å². The number of nitrogens with one attached hydrogen (secondary N) is 2. The molecule has 3 amide bonds. The molecule has 0 aromatic heterocycles. The number of aromatic hydroxyl groups is 1. The van der Waals surface area contributed by atoms with E-state index >= 15 is 0 Å². The molecule has 0 radical (unpaired) electrons. The van der Waals surface area contributed by atoms with Crippen LogP contribution >= 0.6 is 0 Å². The first-order valence-electron chi connectivity index (χ1n) is 13.2. The van der Waals surface area contributed by atoms with Crippen molar-refractivity contribution < 1.29 is 38.9 Å². The molecule has 11 nitrogen and oxygen atoms in total. The summed E-state index contributed by atoms with van der Waals surface area (Å²) in [5.41, 5.74) is 1.28. The molecule has 1 atom stereocenters. The van der Waals surface area contributed by atoms with Crippen LogP contribution in [-0.4, -0.2) is 76.4 Å². The summed E-state index contributed by atoms with van der Waals surface area (Å²) in [5.74, 6) is -1.62. The molecule has 4 N–H and O–H groups in total. The lowest BCUT2D eigenvalue weighted by molar-refractivity contribution is -0.147. The van der Waals surface area contributed by atoms with E-state index in [1.54, 1.807) is 62.1 Å². The van der Waals surface area contributed by atoms with Gasteiger partial charge in [-0.05, 0) is 69.0 Å². The summed E-state index contributed by atoms with van der Waals surface area (Å²) in [6.45, 7) is 5.93. The number of carboxylic acids is 1. The number of carbonyl (C=O) groups excluding carboxylic acids is 3. The van der Waals surface area contributed by atoms with Crippen molar-refractivity contribution in [3.05, 3.63) is 65.2 Å². The van der Waals surface area contributed by atoms with Crippen LogP contribution in [-0.2, 0) is 32.0 Å². The van der Waals surface area contributed by atoms with E-state index in [0.717, 1.165) is 11.1 Å². The Bertz CT molecular complexity index is 1170. The normalized spacial score (nSPS) is 14.7. The molecule has 1 fully saturated rings. The number of amides is 3. The van der Waals surface area contributed by atoms with E-state index in [1.807, 2.05) is 0 Å². The lowest BCUT2D eigenvalue weighted by Gasteiger charge is -2.34. The molecule has 40 heavy (non-hydrogen) atoms. The van der Waals surface area contributed by atoms with Crippen LogP contribution in [0.25, 0.3) is 0 Å². The van der Waals surface area contributed by atoms with E-state index in [9.17, 15) is 24.3 Å². The number of hydrogen-bond acceptors (Lipinski definition) is 7. The predicted octanol–water partition coefficient (Wildman–Crippen LogP) is 2.85. The van der Waals surface area contributed by atoms with E-state index in [1.165, 1.54) is 12.1 Å². The molecule has 0 spiro atoms. The topological polar surface area (TPSA) is 154 Å². The second kappa shape index (κ2) is 13.8. The van der Waals surface area contributed by atoms with Crippen LogP contribution in [0.2, 0.25) is 0 Å². The van der Waals surface area contributed by atoms with Crippen molar-refractivity contribution >= 4 is 23.9 Å². The molecule has 1 aliphatic rings. The average Bonchev–Trinajstić information content (AvgIpc) is 2.90. The fourth-order valence-corrected chi connectivity index (χ4v) is 4.22. The van der Waals surface area contributed by atoms with Crippen molar-refractivity contribution in [1.82, 2.24) is 15.5 Å². The minimum atomic E-state index is -1.04. The Kier molecular flexibility index (Phi) is 10.5. The van der Waals surface area contributed by atoms with Crippen molar-refractivity contribution in [3.63, 3.8) is 0 Å².